The Morgan fingerprint density at radius 1 is 0.903 bits per heavy atom. The van der Waals surface area contributed by atoms with Gasteiger partial charge in [-0.15, -0.1) is 0 Å². The van der Waals surface area contributed by atoms with Crippen LogP contribution in [0.3, 0.4) is 0 Å². The number of carbonyl (C=O) groups is 2. The van der Waals surface area contributed by atoms with Crippen molar-refractivity contribution >= 4 is 11.9 Å². The number of fused-ring (bicyclic) bond motifs is 1. The molecule has 0 amide bonds. The lowest BCUT2D eigenvalue weighted by molar-refractivity contribution is -0.170. The van der Waals surface area contributed by atoms with E-state index in [0.29, 0.717) is 11.1 Å². The predicted octanol–water partition coefficient (Wildman–Crippen LogP) is 2.52. The number of carbonyl (C=O) groups excluding carboxylic acids is 2. The first-order valence-electron chi connectivity index (χ1n) is 9.43. The van der Waals surface area contributed by atoms with Crippen LogP contribution >= 0.6 is 0 Å². The highest BCUT2D eigenvalue weighted by atomic mass is 16.5. The second-order valence-electron chi connectivity index (χ2n) is 7.64. The summed E-state index contributed by atoms with van der Waals surface area (Å²) in [6, 6.07) is 16.1. The van der Waals surface area contributed by atoms with Gasteiger partial charge in [-0.05, 0) is 12.0 Å². The summed E-state index contributed by atoms with van der Waals surface area (Å²) in [7, 11) is 2.28. The molecule has 0 heterocycles. The summed E-state index contributed by atoms with van der Waals surface area (Å²) in [5.41, 5.74) is -4.99. The Bertz CT molecular complexity index is 1080. The Hall–Kier alpha value is -4.14. The molecule has 1 aromatic carbocycles. The van der Waals surface area contributed by atoms with Crippen molar-refractivity contribution in [3.05, 3.63) is 47.5 Å². The summed E-state index contributed by atoms with van der Waals surface area (Å²) in [5.74, 6) is -3.86. The first kappa shape index (κ1) is 21.6. The fourth-order valence-corrected chi connectivity index (χ4v) is 5.11. The lowest BCUT2D eigenvalue weighted by Gasteiger charge is -2.43. The Morgan fingerprint density at radius 2 is 1.45 bits per heavy atom. The van der Waals surface area contributed by atoms with Crippen LogP contribution in [0.2, 0.25) is 0 Å². The second kappa shape index (κ2) is 7.60. The topological polar surface area (TPSA) is 148 Å². The summed E-state index contributed by atoms with van der Waals surface area (Å²) in [6.45, 7) is 0. The average Bonchev–Trinajstić information content (AvgIpc) is 3.19. The zero-order chi connectivity index (χ0) is 22.9. The molecule has 1 aromatic rings. The molecular formula is C23H18N4O4. The lowest BCUT2D eigenvalue weighted by Crippen LogP contribution is -2.50. The van der Waals surface area contributed by atoms with Crippen LogP contribution < -0.4 is 0 Å². The van der Waals surface area contributed by atoms with Gasteiger partial charge in [0.2, 0.25) is 0 Å². The Kier molecular flexibility index (Phi) is 5.29. The summed E-state index contributed by atoms with van der Waals surface area (Å²) in [4.78, 5) is 26.2. The maximum absolute atomic E-state index is 13.1. The van der Waals surface area contributed by atoms with E-state index in [2.05, 4.69) is 0 Å². The standard InChI is InChI=1S/C23H18N4O4/c1-30-19(28)23(20(29)31-2)10-16-8-9-21(11-24,12-25)22(13-26,14-27)17(16)18(23)15-6-4-3-5-7-15/h3-8,17-18H,9-10H2,1-2H3/t17-,18+/m1/s1. The van der Waals surface area contributed by atoms with Gasteiger partial charge in [-0.2, -0.15) is 21.0 Å². The van der Waals surface area contributed by atoms with Crippen molar-refractivity contribution in [1.29, 1.82) is 21.0 Å². The molecule has 8 nitrogen and oxygen atoms in total. The van der Waals surface area contributed by atoms with Crippen LogP contribution in [-0.4, -0.2) is 26.2 Å². The number of esters is 2. The monoisotopic (exact) mass is 414 g/mol. The maximum Gasteiger partial charge on any atom is 0.324 e. The van der Waals surface area contributed by atoms with Crippen LogP contribution in [0.1, 0.15) is 24.3 Å². The molecule has 154 valence electrons. The van der Waals surface area contributed by atoms with Crippen molar-refractivity contribution in [1.82, 2.24) is 0 Å². The number of nitrogens with zero attached hydrogens (tertiary/aromatic N) is 4. The molecule has 2 aliphatic rings. The summed E-state index contributed by atoms with van der Waals surface area (Å²) in [5, 5.41) is 40.1. The van der Waals surface area contributed by atoms with Crippen LogP contribution in [-0.2, 0) is 19.1 Å². The van der Waals surface area contributed by atoms with Gasteiger partial charge >= 0.3 is 11.9 Å². The number of hydrogen-bond acceptors (Lipinski definition) is 8. The highest BCUT2D eigenvalue weighted by molar-refractivity contribution is 6.02. The molecule has 0 aliphatic heterocycles. The van der Waals surface area contributed by atoms with Crippen LogP contribution in [0.4, 0.5) is 0 Å². The molecule has 1 fully saturated rings. The molecule has 0 unspecified atom stereocenters. The van der Waals surface area contributed by atoms with Gasteiger partial charge in [0, 0.05) is 18.3 Å². The lowest BCUT2D eigenvalue weighted by atomic mass is 9.51. The molecule has 8 heteroatoms. The number of benzene rings is 1. The Morgan fingerprint density at radius 3 is 1.90 bits per heavy atom. The smallest absolute Gasteiger partial charge is 0.324 e. The van der Waals surface area contributed by atoms with E-state index in [1.165, 1.54) is 0 Å². The van der Waals surface area contributed by atoms with Gasteiger partial charge < -0.3 is 9.47 Å². The van der Waals surface area contributed by atoms with Crippen LogP contribution in [0, 0.1) is 67.5 Å². The molecule has 2 aliphatic carbocycles. The van der Waals surface area contributed by atoms with Crippen molar-refractivity contribution in [3.63, 3.8) is 0 Å². The van der Waals surface area contributed by atoms with Gasteiger partial charge in [0.15, 0.2) is 16.2 Å². The minimum absolute atomic E-state index is 0.144. The average molecular weight is 414 g/mol. The SMILES string of the molecule is COC(=O)C1(C(=O)OC)CC2=CCC(C#N)(C#N)C(C#N)(C#N)[C@H]2[C@@H]1c1ccccc1. The van der Waals surface area contributed by atoms with Gasteiger partial charge in [-0.25, -0.2) is 0 Å². The second-order valence-corrected chi connectivity index (χ2v) is 7.64. The molecule has 0 saturated heterocycles. The van der Waals surface area contributed by atoms with Gasteiger partial charge in [0.25, 0.3) is 0 Å². The summed E-state index contributed by atoms with van der Waals surface area (Å²) < 4.78 is 9.99. The fourth-order valence-electron chi connectivity index (χ4n) is 5.11. The van der Waals surface area contributed by atoms with E-state index in [4.69, 9.17) is 9.47 Å². The molecule has 2 atom stereocenters. The third-order valence-electron chi connectivity index (χ3n) is 6.55. The molecule has 3 rings (SSSR count). The van der Waals surface area contributed by atoms with Crippen LogP contribution in [0.15, 0.2) is 42.0 Å². The van der Waals surface area contributed by atoms with Gasteiger partial charge in [0.05, 0.1) is 38.5 Å². The Labute approximate surface area is 179 Å². The van der Waals surface area contributed by atoms with E-state index in [1.54, 1.807) is 36.4 Å². The predicted molar refractivity (Wildman–Crippen MR) is 104 cm³/mol. The zero-order valence-corrected chi connectivity index (χ0v) is 17.0. The summed E-state index contributed by atoms with van der Waals surface area (Å²) in [6.07, 6.45) is 1.27. The van der Waals surface area contributed by atoms with Gasteiger partial charge in [0.1, 0.15) is 0 Å². The van der Waals surface area contributed by atoms with E-state index in [1.807, 2.05) is 24.3 Å². The van der Waals surface area contributed by atoms with Crippen LogP contribution in [0.25, 0.3) is 0 Å². The van der Waals surface area contributed by atoms with E-state index >= 15 is 0 Å². The van der Waals surface area contributed by atoms with Gasteiger partial charge in [-0.1, -0.05) is 42.0 Å². The fraction of sp³-hybridized carbons (Fsp3) is 0.391. The van der Waals surface area contributed by atoms with Gasteiger partial charge in [-0.3, -0.25) is 9.59 Å². The number of allylic oxidation sites excluding steroid dienone is 2. The van der Waals surface area contributed by atoms with Crippen molar-refractivity contribution in [2.45, 2.75) is 18.8 Å². The molecule has 31 heavy (non-hydrogen) atoms. The molecule has 0 N–H and O–H groups in total. The molecule has 0 spiro atoms. The number of hydrogen-bond donors (Lipinski definition) is 0. The van der Waals surface area contributed by atoms with Crippen molar-refractivity contribution in [3.8, 4) is 24.3 Å². The van der Waals surface area contributed by atoms with E-state index in [0.717, 1.165) is 14.2 Å². The van der Waals surface area contributed by atoms with E-state index in [9.17, 15) is 30.6 Å². The Balaban J connectivity index is 2.45. The van der Waals surface area contributed by atoms with Crippen LogP contribution in [0.5, 0.6) is 0 Å². The number of methoxy groups -OCH3 is 2. The third kappa shape index (κ3) is 2.56. The third-order valence-corrected chi connectivity index (χ3v) is 6.55. The molecule has 0 bridgehead atoms. The minimum atomic E-state index is -2.12. The van der Waals surface area contributed by atoms with Crippen molar-refractivity contribution in [2.75, 3.05) is 14.2 Å². The van der Waals surface area contributed by atoms with E-state index < -0.39 is 40.0 Å². The highest BCUT2D eigenvalue weighted by Crippen LogP contribution is 2.67. The molecule has 0 aromatic heterocycles. The molecular weight excluding hydrogens is 396 g/mol. The van der Waals surface area contributed by atoms with E-state index in [-0.39, 0.29) is 12.8 Å². The van der Waals surface area contributed by atoms with Crippen molar-refractivity contribution in [2.24, 2.45) is 22.2 Å². The quantitative estimate of drug-likeness (QED) is 0.416. The first-order valence-corrected chi connectivity index (χ1v) is 9.43. The number of rotatable bonds is 3. The largest absolute Gasteiger partial charge is 0.468 e. The molecule has 1 saturated carbocycles. The normalized spacial score (nSPS) is 24.0. The highest BCUT2D eigenvalue weighted by Gasteiger charge is 2.73. The first-order chi connectivity index (χ1) is 14.9. The summed E-state index contributed by atoms with van der Waals surface area (Å²) >= 11 is 0. The zero-order valence-electron chi connectivity index (χ0n) is 17.0. The molecule has 0 radical (unpaired) electrons. The van der Waals surface area contributed by atoms with Crippen molar-refractivity contribution < 1.29 is 19.1 Å². The maximum atomic E-state index is 13.1. The number of nitriles is 4. The number of ether oxygens (including phenoxy) is 2. The minimum Gasteiger partial charge on any atom is -0.468 e.